The van der Waals surface area contributed by atoms with Crippen LogP contribution in [-0.4, -0.2) is 64.9 Å². The predicted octanol–water partition coefficient (Wildman–Crippen LogP) is 18.6. The number of hydrogen-bond acceptors (Lipinski definition) is 0. The minimum Gasteiger partial charge on any atom is -0.343 e. The van der Waals surface area contributed by atoms with Gasteiger partial charge in [0.1, 0.15) is 13.2 Å². The van der Waals surface area contributed by atoms with Crippen LogP contribution in [-0.2, 0) is 12.5 Å². The number of aryl methyl sites for hydroxylation is 1. The molecule has 0 N–H and O–H groups in total. The number of para-hydroxylation sites is 2. The molecule has 0 amide bonds. The van der Waals surface area contributed by atoms with E-state index in [1.165, 1.54) is 184 Å². The van der Waals surface area contributed by atoms with E-state index in [9.17, 15) is 0 Å². The molecule has 11 aromatic rings. The highest BCUT2D eigenvalue weighted by atomic mass is 15.3. The van der Waals surface area contributed by atoms with Crippen LogP contribution in [0.1, 0.15) is 124 Å². The van der Waals surface area contributed by atoms with Crippen LogP contribution in [0.25, 0.3) is 28.2 Å². The second-order valence-corrected chi connectivity index (χ2v) is 27.2. The number of quaternary nitrogens is 1. The van der Waals surface area contributed by atoms with Gasteiger partial charge in [-0.05, 0) is 57.2 Å². The van der Waals surface area contributed by atoms with Crippen LogP contribution in [0.15, 0.2) is 297 Å². The van der Waals surface area contributed by atoms with Gasteiger partial charge in [-0.15, -0.1) is 0 Å². The van der Waals surface area contributed by atoms with Crippen molar-refractivity contribution in [3.05, 3.63) is 308 Å². The van der Waals surface area contributed by atoms with Gasteiger partial charge < -0.3 is 9.05 Å². The smallest absolute Gasteiger partial charge is 0.209 e. The van der Waals surface area contributed by atoms with Gasteiger partial charge in [-0.2, -0.15) is 49.1 Å². The van der Waals surface area contributed by atoms with Crippen LogP contribution in [0, 0.1) is 0 Å². The molecule has 1 aromatic heterocycles. The Morgan fingerprint density at radius 3 is 1.07 bits per heavy atom. The van der Waals surface area contributed by atoms with Gasteiger partial charge in [0.15, 0.2) is 5.71 Å². The predicted molar refractivity (Wildman–Crippen MR) is 421 cm³/mol. The Morgan fingerprint density at radius 2 is 0.705 bits per heavy atom. The van der Waals surface area contributed by atoms with Crippen molar-refractivity contribution in [2.75, 3.05) is 33.2 Å². The van der Waals surface area contributed by atoms with Gasteiger partial charge in [0.05, 0.1) is 43.4 Å². The molecule has 0 saturated heterocycles. The normalized spacial score (nSPS) is 12.7. The Hall–Kier alpha value is -8.76. The summed E-state index contributed by atoms with van der Waals surface area (Å²) in [6, 6.07) is 105. The molecule has 0 spiro atoms. The maximum atomic E-state index is 2.33. The van der Waals surface area contributed by atoms with Crippen LogP contribution in [0.3, 0.4) is 0 Å². The van der Waals surface area contributed by atoms with Crippen molar-refractivity contribution in [2.24, 2.45) is 7.05 Å². The topological polar surface area (TPSA) is 7.94 Å². The van der Waals surface area contributed by atoms with E-state index in [0.717, 1.165) is 0 Å². The van der Waals surface area contributed by atoms with E-state index in [0.29, 0.717) is 0 Å². The van der Waals surface area contributed by atoms with E-state index < -0.39 is 12.3 Å². The first-order valence-corrected chi connectivity index (χ1v) is 36.1. The molecule has 0 fully saturated rings. The van der Waals surface area contributed by atoms with Crippen molar-refractivity contribution >= 4 is 78.9 Å². The number of hydrogen-bond donors (Lipinski definition) is 0. The van der Waals surface area contributed by atoms with Gasteiger partial charge in [-0.1, -0.05) is 352 Å². The van der Waals surface area contributed by atoms with Gasteiger partial charge in [0, 0.05) is 41.2 Å². The summed E-state index contributed by atoms with van der Waals surface area (Å²) < 4.78 is 6.07. The zero-order valence-electron chi connectivity index (χ0n) is 59.0. The summed E-state index contributed by atoms with van der Waals surface area (Å²) in [7, 11) is 4.34. The summed E-state index contributed by atoms with van der Waals surface area (Å²) in [4.78, 5) is 0. The Bertz CT molecular complexity index is 3770. The number of benzene rings is 10. The van der Waals surface area contributed by atoms with Crippen LogP contribution in [0.4, 0.5) is 5.69 Å². The van der Waals surface area contributed by atoms with E-state index in [2.05, 4.69) is 375 Å². The third-order valence-corrected chi connectivity index (χ3v) is 20.8. The van der Waals surface area contributed by atoms with Crippen LogP contribution < -0.4 is 38.2 Å². The third-order valence-electron chi connectivity index (χ3n) is 20.8. The minimum absolute atomic E-state index is 0.0284. The fraction of sp³-hybridized carbons (Fsp3) is 0.278. The van der Waals surface area contributed by atoms with Gasteiger partial charge in [-0.3, -0.25) is 0 Å². The van der Waals surface area contributed by atoms with Gasteiger partial charge in [0.2, 0.25) is 5.69 Å². The van der Waals surface area contributed by atoms with E-state index in [4.69, 9.17) is 0 Å². The van der Waals surface area contributed by atoms with Crippen molar-refractivity contribution in [1.82, 2.24) is 4.57 Å². The highest BCUT2D eigenvalue weighted by Crippen LogP contribution is 2.40. The summed E-state index contributed by atoms with van der Waals surface area (Å²) in [6.07, 6.45) is 17.2. The lowest BCUT2D eigenvalue weighted by Gasteiger charge is -2.44. The van der Waals surface area contributed by atoms with E-state index >= 15 is 0 Å². The molecule has 0 saturated carbocycles. The van der Waals surface area contributed by atoms with Crippen LogP contribution in [0.2, 0.25) is 6.32 Å². The Morgan fingerprint density at radius 1 is 0.379 bits per heavy atom. The molecule has 0 radical (unpaired) electrons. The molecule has 12 rings (SSSR count). The second kappa shape index (κ2) is 35.1. The number of fused-ring (bicyclic) bond motifs is 2. The summed E-state index contributed by atoms with van der Waals surface area (Å²) in [5, 5.41) is 1.28. The molecule has 3 nitrogen and oxygen atoms in total. The number of rotatable bonds is 25. The quantitative estimate of drug-likeness (QED) is 0.0306. The molecule has 10 aromatic carbocycles. The molecule has 1 aliphatic heterocycles. The first kappa shape index (κ1) is 70.6. The monoisotopic (exact) mass is 1250 g/mol. The molecule has 5 heteroatoms. The largest absolute Gasteiger partial charge is 0.343 e. The minimum atomic E-state index is -1.22. The lowest BCUT2D eigenvalue weighted by Crippen LogP contribution is -2.74. The summed E-state index contributed by atoms with van der Waals surface area (Å²) in [6.45, 7) is 21.9. The summed E-state index contributed by atoms with van der Waals surface area (Å²) in [5.74, 6) is 0. The SMILES string of the molecule is CCCC[B-](c1ccccc1)(c1ccccc1)c1ccccc1.CCCC[N+](CCCC)(CCCC)CCCC.Cn1c(-c2ccccc2)c(C=CC2=[N+](C)c3ccccc3C2(C)C)c2ccccc21.c1ccc([B-](c2ccccc2)(c2ccccc2)c2ccccc2)cc1. The van der Waals surface area contributed by atoms with Crippen molar-refractivity contribution in [3.8, 4) is 11.3 Å². The van der Waals surface area contributed by atoms with Crippen molar-refractivity contribution in [2.45, 2.75) is 124 Å². The molecule has 2 heterocycles. The Balaban J connectivity index is 0.000000152. The molecule has 0 aliphatic carbocycles. The standard InChI is InChI=1S/C28H27N2.C24H20B.C22H24B.C16H36N/c1-28(2)23-15-9-11-17-25(23)29(3)26(28)19-18-22-21-14-8-10-16-24(21)30(4)27(22)20-12-6-5-7-13-20;1-5-13-21(14-6-1)25(22-15-7-2-8-16-22,23-17-9-3-10-18-23)24-19-11-4-12-20-24;1-2-3-19-23(20-13-7-4-8-14-20,21-15-9-5-10-16-21)22-17-11-6-12-18-22;1-5-9-13-17(14-10-6-2,15-11-7-3)16-12-8-4/h5-19H,1-4H3;1-20H;4-18H,2-3,19H2,1H3;5-16H2,1-4H3/q+1;2*-1;+1. The van der Waals surface area contributed by atoms with Gasteiger partial charge in [-0.25, -0.2) is 0 Å². The summed E-state index contributed by atoms with van der Waals surface area (Å²) in [5.41, 5.74) is 18.7. The zero-order valence-corrected chi connectivity index (χ0v) is 59.0. The molecule has 0 unspecified atom stereocenters. The van der Waals surface area contributed by atoms with Crippen molar-refractivity contribution in [1.29, 1.82) is 0 Å². The van der Waals surface area contributed by atoms with Crippen LogP contribution in [0.5, 0.6) is 0 Å². The first-order valence-electron chi connectivity index (χ1n) is 36.1. The maximum Gasteiger partial charge on any atom is 0.209 e. The number of nitrogens with zero attached hydrogens (tertiary/aromatic N) is 3. The third kappa shape index (κ3) is 16.5. The second-order valence-electron chi connectivity index (χ2n) is 27.2. The van der Waals surface area contributed by atoms with E-state index in [1.54, 1.807) is 0 Å². The molecule has 0 bridgehead atoms. The highest BCUT2D eigenvalue weighted by molar-refractivity contribution is 7.20. The number of unbranched alkanes of at least 4 members (excludes halogenated alkanes) is 5. The molecular weight excluding hydrogens is 1140 g/mol. The van der Waals surface area contributed by atoms with E-state index in [1.807, 2.05) is 0 Å². The Labute approximate surface area is 573 Å². The van der Waals surface area contributed by atoms with Crippen molar-refractivity contribution < 1.29 is 9.06 Å². The molecular formula is C90H107B2N3. The maximum absolute atomic E-state index is 2.33. The number of aromatic nitrogens is 1. The highest BCUT2D eigenvalue weighted by Gasteiger charge is 2.43. The average Bonchev–Trinajstić information content (AvgIpc) is 1.45. The fourth-order valence-corrected chi connectivity index (χ4v) is 15.7. The number of allylic oxidation sites excluding steroid dienone is 1. The molecule has 1 aliphatic rings. The summed E-state index contributed by atoms with van der Waals surface area (Å²) >= 11 is 0. The van der Waals surface area contributed by atoms with Crippen molar-refractivity contribution in [3.63, 3.8) is 0 Å². The van der Waals surface area contributed by atoms with E-state index in [-0.39, 0.29) is 5.41 Å². The Kier molecular flexibility index (Phi) is 26.1. The molecule has 488 valence electrons. The van der Waals surface area contributed by atoms with Gasteiger partial charge in [0.25, 0.3) is 0 Å². The fourth-order valence-electron chi connectivity index (χ4n) is 15.7. The average molecular weight is 1250 g/mol. The lowest BCUT2D eigenvalue weighted by molar-refractivity contribution is -0.929. The molecule has 0 atom stereocenters. The first-order chi connectivity index (χ1) is 46.5. The van der Waals surface area contributed by atoms with Crippen LogP contribution >= 0.6 is 0 Å². The zero-order chi connectivity index (χ0) is 66.8. The lowest BCUT2D eigenvalue weighted by atomic mass is 9.13. The molecule has 95 heavy (non-hydrogen) atoms. The van der Waals surface area contributed by atoms with Gasteiger partial charge >= 0.3 is 0 Å².